The van der Waals surface area contributed by atoms with Gasteiger partial charge in [0.1, 0.15) is 17.5 Å². The topological polar surface area (TPSA) is 94.9 Å². The number of carbonyl (C=O) groups is 2. The summed E-state index contributed by atoms with van der Waals surface area (Å²) in [6, 6.07) is 15.0. The summed E-state index contributed by atoms with van der Waals surface area (Å²) >= 11 is 0. The number of nitrogens with zero attached hydrogens (tertiary/aromatic N) is 3. The number of benzene rings is 2. The molecule has 3 aromatic rings. The van der Waals surface area contributed by atoms with Crippen molar-refractivity contribution in [3.8, 4) is 17.0 Å². The molecule has 1 aromatic heterocycles. The zero-order valence-corrected chi connectivity index (χ0v) is 22.3. The summed E-state index contributed by atoms with van der Waals surface area (Å²) in [4.78, 5) is 27.0. The highest BCUT2D eigenvalue weighted by molar-refractivity contribution is 6.03. The summed E-state index contributed by atoms with van der Waals surface area (Å²) < 4.78 is 42.7. The number of nitrogens with one attached hydrogen (secondary N) is 1. The molecule has 2 aromatic carbocycles. The Morgan fingerprint density at radius 2 is 1.90 bits per heavy atom. The van der Waals surface area contributed by atoms with E-state index in [1.165, 1.54) is 12.1 Å². The molecule has 0 aliphatic carbocycles. The summed E-state index contributed by atoms with van der Waals surface area (Å²) in [5.41, 5.74) is 2.22. The average Bonchev–Trinajstić information content (AvgIpc) is 3.33. The van der Waals surface area contributed by atoms with Gasteiger partial charge < -0.3 is 24.4 Å². The first-order chi connectivity index (χ1) is 18.5. The van der Waals surface area contributed by atoms with Crippen molar-refractivity contribution in [1.29, 1.82) is 0 Å². The molecule has 0 saturated carbocycles. The Bertz CT molecular complexity index is 1300. The highest BCUT2D eigenvalue weighted by atomic mass is 19.3. The van der Waals surface area contributed by atoms with Crippen LogP contribution in [0.5, 0.6) is 5.75 Å². The third-order valence-corrected chi connectivity index (χ3v) is 5.93. The predicted octanol–water partition coefficient (Wildman–Crippen LogP) is 5.73. The summed E-state index contributed by atoms with van der Waals surface area (Å²) in [5, 5.41) is 7.21. The van der Waals surface area contributed by atoms with Gasteiger partial charge in [0.25, 0.3) is 5.91 Å². The number of amides is 2. The number of aromatic nitrogens is 2. The van der Waals surface area contributed by atoms with Crippen molar-refractivity contribution in [3.05, 3.63) is 65.9 Å². The fraction of sp³-hybridized carbons (Fsp3) is 0.393. The smallest absolute Gasteiger partial charge is 0.410 e. The van der Waals surface area contributed by atoms with Crippen LogP contribution in [-0.4, -0.2) is 58.6 Å². The summed E-state index contributed by atoms with van der Waals surface area (Å²) in [7, 11) is 0. The molecule has 4 rings (SSSR count). The zero-order valence-electron chi connectivity index (χ0n) is 22.3. The van der Waals surface area contributed by atoms with E-state index in [0.29, 0.717) is 43.2 Å². The first-order valence-corrected chi connectivity index (χ1v) is 12.7. The number of hydrogen-bond acceptors (Lipinski definition) is 6. The standard InChI is InChI=1S/C28H32F2N4O5/c1-5-34-23(19-7-6-8-21(15-19)38-26(29)30)16-22(32-34)25(35)31-20-11-9-18(10-12-20)24-17-33(13-14-37-24)27(36)39-28(2,3)4/h6-12,15-16,24,26H,5,13-14,17H2,1-4H3,(H,31,35). The minimum Gasteiger partial charge on any atom is -0.444 e. The van der Waals surface area contributed by atoms with Crippen LogP contribution in [0.4, 0.5) is 19.3 Å². The van der Waals surface area contributed by atoms with Crippen molar-refractivity contribution < 1.29 is 32.6 Å². The normalized spacial score (nSPS) is 15.8. The number of halogens is 2. The van der Waals surface area contributed by atoms with E-state index < -0.39 is 18.1 Å². The highest BCUT2D eigenvalue weighted by Gasteiger charge is 2.29. The van der Waals surface area contributed by atoms with E-state index in [9.17, 15) is 18.4 Å². The van der Waals surface area contributed by atoms with Gasteiger partial charge in [-0.25, -0.2) is 4.79 Å². The summed E-state index contributed by atoms with van der Waals surface area (Å²) in [5.74, 6) is -0.394. The number of rotatable bonds is 7. The number of carbonyl (C=O) groups excluding carboxylic acids is 2. The van der Waals surface area contributed by atoms with Gasteiger partial charge in [-0.05, 0) is 63.6 Å². The quantitative estimate of drug-likeness (QED) is 0.410. The van der Waals surface area contributed by atoms with Crippen LogP contribution in [0.15, 0.2) is 54.6 Å². The monoisotopic (exact) mass is 542 g/mol. The molecule has 0 radical (unpaired) electrons. The Balaban J connectivity index is 1.43. The number of hydrogen-bond donors (Lipinski definition) is 1. The first kappa shape index (κ1) is 28.0. The lowest BCUT2D eigenvalue weighted by atomic mass is 10.1. The Morgan fingerprint density at radius 3 is 2.56 bits per heavy atom. The van der Waals surface area contributed by atoms with Crippen molar-refractivity contribution in [2.24, 2.45) is 0 Å². The van der Waals surface area contributed by atoms with E-state index in [2.05, 4.69) is 15.2 Å². The second kappa shape index (κ2) is 11.8. The largest absolute Gasteiger partial charge is 0.444 e. The van der Waals surface area contributed by atoms with E-state index >= 15 is 0 Å². The molecule has 1 unspecified atom stereocenters. The maximum absolute atomic E-state index is 13.0. The molecule has 39 heavy (non-hydrogen) atoms. The van der Waals surface area contributed by atoms with Crippen LogP contribution >= 0.6 is 0 Å². The van der Waals surface area contributed by atoms with Crippen molar-refractivity contribution >= 4 is 17.7 Å². The third kappa shape index (κ3) is 7.32. The molecule has 208 valence electrons. The molecule has 1 aliphatic heterocycles. The van der Waals surface area contributed by atoms with Gasteiger partial charge in [-0.3, -0.25) is 9.48 Å². The number of morpholine rings is 1. The van der Waals surface area contributed by atoms with Crippen LogP contribution in [0.25, 0.3) is 11.3 Å². The van der Waals surface area contributed by atoms with E-state index in [1.54, 1.807) is 39.9 Å². The Labute approximate surface area is 225 Å². The van der Waals surface area contributed by atoms with Gasteiger partial charge in [-0.2, -0.15) is 13.9 Å². The van der Waals surface area contributed by atoms with Crippen molar-refractivity contribution in [2.45, 2.75) is 52.6 Å². The molecule has 1 aliphatic rings. The Morgan fingerprint density at radius 1 is 1.15 bits per heavy atom. The van der Waals surface area contributed by atoms with Gasteiger partial charge in [-0.15, -0.1) is 0 Å². The molecule has 1 fully saturated rings. The first-order valence-electron chi connectivity index (χ1n) is 12.7. The Kier molecular flexibility index (Phi) is 8.49. The molecular formula is C28H32F2N4O5. The second-order valence-corrected chi connectivity index (χ2v) is 10.00. The lowest BCUT2D eigenvalue weighted by molar-refractivity contribution is -0.0498. The minimum absolute atomic E-state index is 0.0219. The molecule has 1 saturated heterocycles. The van der Waals surface area contributed by atoms with E-state index in [1.807, 2.05) is 39.8 Å². The van der Waals surface area contributed by atoms with Crippen LogP contribution in [0, 0.1) is 0 Å². The van der Waals surface area contributed by atoms with Crippen LogP contribution in [0.1, 0.15) is 49.9 Å². The number of alkyl halides is 2. The number of ether oxygens (including phenoxy) is 3. The molecule has 0 spiro atoms. The summed E-state index contributed by atoms with van der Waals surface area (Å²) in [6.45, 7) is 6.09. The van der Waals surface area contributed by atoms with Crippen molar-refractivity contribution in [2.75, 3.05) is 25.0 Å². The maximum atomic E-state index is 13.0. The third-order valence-electron chi connectivity index (χ3n) is 5.93. The van der Waals surface area contributed by atoms with Gasteiger partial charge in [0.05, 0.1) is 18.8 Å². The van der Waals surface area contributed by atoms with E-state index in [0.717, 1.165) is 5.56 Å². The van der Waals surface area contributed by atoms with Gasteiger partial charge in [0, 0.05) is 24.3 Å². The number of aryl methyl sites for hydroxylation is 1. The van der Waals surface area contributed by atoms with Crippen LogP contribution in [-0.2, 0) is 16.0 Å². The van der Waals surface area contributed by atoms with Gasteiger partial charge >= 0.3 is 12.7 Å². The molecule has 1 N–H and O–H groups in total. The van der Waals surface area contributed by atoms with Crippen molar-refractivity contribution in [3.63, 3.8) is 0 Å². The molecule has 2 heterocycles. The van der Waals surface area contributed by atoms with Crippen LogP contribution < -0.4 is 10.1 Å². The van der Waals surface area contributed by atoms with Gasteiger partial charge in [0.15, 0.2) is 5.69 Å². The molecule has 1 atom stereocenters. The van der Waals surface area contributed by atoms with Crippen molar-refractivity contribution in [1.82, 2.24) is 14.7 Å². The van der Waals surface area contributed by atoms with E-state index in [4.69, 9.17) is 9.47 Å². The van der Waals surface area contributed by atoms with E-state index in [-0.39, 0.29) is 23.6 Å². The number of anilines is 1. The van der Waals surface area contributed by atoms with Gasteiger partial charge in [0.2, 0.25) is 0 Å². The fourth-order valence-electron chi connectivity index (χ4n) is 4.15. The Hall–Kier alpha value is -3.99. The molecular weight excluding hydrogens is 510 g/mol. The molecule has 2 amide bonds. The summed E-state index contributed by atoms with van der Waals surface area (Å²) in [6.07, 6.45) is -0.692. The molecule has 11 heteroatoms. The minimum atomic E-state index is -2.93. The fourth-order valence-corrected chi connectivity index (χ4v) is 4.15. The lowest BCUT2D eigenvalue weighted by Gasteiger charge is -2.34. The van der Waals surface area contributed by atoms with Gasteiger partial charge in [-0.1, -0.05) is 24.3 Å². The molecule has 0 bridgehead atoms. The maximum Gasteiger partial charge on any atom is 0.410 e. The SMILES string of the molecule is CCn1nc(C(=O)Nc2ccc(C3CN(C(=O)OC(C)(C)C)CCO3)cc2)cc1-c1cccc(OC(F)F)c1. The highest BCUT2D eigenvalue weighted by Crippen LogP contribution is 2.27. The second-order valence-electron chi connectivity index (χ2n) is 10.00. The zero-order chi connectivity index (χ0) is 28.2. The van der Waals surface area contributed by atoms with Crippen LogP contribution in [0.2, 0.25) is 0 Å². The van der Waals surface area contributed by atoms with Crippen LogP contribution in [0.3, 0.4) is 0 Å². The molecule has 9 nitrogen and oxygen atoms in total. The lowest BCUT2D eigenvalue weighted by Crippen LogP contribution is -2.44. The average molecular weight is 543 g/mol. The predicted molar refractivity (Wildman–Crippen MR) is 141 cm³/mol.